The average molecular weight is 411 g/mol. The largest absolute Gasteiger partial charge is 0.497 e. The first kappa shape index (κ1) is 20.1. The summed E-state index contributed by atoms with van der Waals surface area (Å²) in [5.41, 5.74) is 1.01. The molecule has 1 aliphatic heterocycles. The van der Waals surface area contributed by atoms with Gasteiger partial charge in [-0.2, -0.15) is 0 Å². The zero-order chi connectivity index (χ0) is 21.1. The third-order valence-electron chi connectivity index (χ3n) is 5.30. The Labute approximate surface area is 175 Å². The topological polar surface area (TPSA) is 83.1 Å². The lowest BCUT2D eigenvalue weighted by Gasteiger charge is -2.30. The summed E-state index contributed by atoms with van der Waals surface area (Å²) in [6, 6.07) is 14.7. The molecule has 158 valence electrons. The van der Waals surface area contributed by atoms with E-state index in [4.69, 9.17) is 18.9 Å². The molecule has 0 saturated heterocycles. The van der Waals surface area contributed by atoms with Gasteiger partial charge in [-0.05, 0) is 55.5 Å². The maximum atomic E-state index is 12.5. The van der Waals surface area contributed by atoms with E-state index in [1.807, 2.05) is 30.3 Å². The van der Waals surface area contributed by atoms with Crippen molar-refractivity contribution < 1.29 is 28.5 Å². The molecule has 7 nitrogen and oxygen atoms in total. The first-order valence-corrected chi connectivity index (χ1v) is 10.1. The van der Waals surface area contributed by atoms with Gasteiger partial charge in [0.2, 0.25) is 6.10 Å². The van der Waals surface area contributed by atoms with Crippen molar-refractivity contribution in [3.05, 3.63) is 54.1 Å². The number of methoxy groups -OCH3 is 1. The highest BCUT2D eigenvalue weighted by Crippen LogP contribution is 2.41. The fraction of sp³-hybridized carbons (Fsp3) is 0.391. The highest BCUT2D eigenvalue weighted by atomic mass is 16.6. The Morgan fingerprint density at radius 2 is 1.73 bits per heavy atom. The van der Waals surface area contributed by atoms with E-state index >= 15 is 0 Å². The molecule has 0 radical (unpaired) electrons. The van der Waals surface area contributed by atoms with E-state index in [-0.39, 0.29) is 18.6 Å². The minimum Gasteiger partial charge on any atom is -0.497 e. The van der Waals surface area contributed by atoms with E-state index in [0.29, 0.717) is 17.4 Å². The van der Waals surface area contributed by atoms with Gasteiger partial charge in [-0.15, -0.1) is 0 Å². The van der Waals surface area contributed by atoms with Crippen LogP contribution in [0.5, 0.6) is 17.2 Å². The number of amides is 1. The first-order valence-electron chi connectivity index (χ1n) is 10.1. The number of rotatable bonds is 7. The van der Waals surface area contributed by atoms with E-state index in [9.17, 15) is 9.59 Å². The van der Waals surface area contributed by atoms with Crippen LogP contribution in [0.1, 0.15) is 31.4 Å². The highest BCUT2D eigenvalue weighted by molar-refractivity contribution is 5.83. The number of hydrogen-bond donors (Lipinski definition) is 1. The normalized spacial score (nSPS) is 20.7. The SMILES string of the molecule is COc1ccc(C(NC(=O)COC(=O)C2Oc3ccccc3OC2C)C2CC2)cc1. The minimum absolute atomic E-state index is 0.109. The van der Waals surface area contributed by atoms with Crippen LogP contribution in [0.2, 0.25) is 0 Å². The van der Waals surface area contributed by atoms with Crippen molar-refractivity contribution in [2.45, 2.75) is 38.0 Å². The Hall–Kier alpha value is -3.22. The van der Waals surface area contributed by atoms with Crippen molar-refractivity contribution in [2.75, 3.05) is 13.7 Å². The Kier molecular flexibility index (Phi) is 5.79. The van der Waals surface area contributed by atoms with E-state index in [1.54, 1.807) is 32.2 Å². The van der Waals surface area contributed by atoms with Gasteiger partial charge in [0.1, 0.15) is 11.9 Å². The molecule has 2 aromatic carbocycles. The van der Waals surface area contributed by atoms with Gasteiger partial charge in [0.25, 0.3) is 5.91 Å². The molecule has 1 aliphatic carbocycles. The summed E-state index contributed by atoms with van der Waals surface area (Å²) < 4.78 is 21.9. The monoisotopic (exact) mass is 411 g/mol. The fourth-order valence-corrected chi connectivity index (χ4v) is 3.53. The smallest absolute Gasteiger partial charge is 0.351 e. The quantitative estimate of drug-likeness (QED) is 0.705. The molecule has 2 aromatic rings. The van der Waals surface area contributed by atoms with Crippen LogP contribution in [-0.4, -0.2) is 37.8 Å². The Balaban J connectivity index is 1.33. The lowest BCUT2D eigenvalue weighted by molar-refractivity contribution is -0.160. The molecule has 4 rings (SSSR count). The van der Waals surface area contributed by atoms with Gasteiger partial charge in [-0.25, -0.2) is 4.79 Å². The molecule has 30 heavy (non-hydrogen) atoms. The average Bonchev–Trinajstić information content (AvgIpc) is 3.60. The van der Waals surface area contributed by atoms with Crippen molar-refractivity contribution in [2.24, 2.45) is 5.92 Å². The van der Waals surface area contributed by atoms with Crippen molar-refractivity contribution in [3.63, 3.8) is 0 Å². The molecule has 1 N–H and O–H groups in total. The molecule has 1 heterocycles. The van der Waals surface area contributed by atoms with Crippen LogP contribution in [0.25, 0.3) is 0 Å². The molecule has 1 fully saturated rings. The summed E-state index contributed by atoms with van der Waals surface area (Å²) >= 11 is 0. The van der Waals surface area contributed by atoms with Gasteiger partial charge < -0.3 is 24.3 Å². The molecule has 3 unspecified atom stereocenters. The summed E-state index contributed by atoms with van der Waals surface area (Å²) in [4.78, 5) is 24.9. The highest BCUT2D eigenvalue weighted by Gasteiger charge is 2.36. The van der Waals surface area contributed by atoms with Crippen molar-refractivity contribution in [3.8, 4) is 17.2 Å². The summed E-state index contributed by atoms with van der Waals surface area (Å²) in [5, 5.41) is 2.99. The first-order chi connectivity index (χ1) is 14.5. The van der Waals surface area contributed by atoms with Crippen molar-refractivity contribution in [1.29, 1.82) is 0 Å². The molecule has 1 saturated carbocycles. The summed E-state index contributed by atoms with van der Waals surface area (Å²) in [7, 11) is 1.62. The Morgan fingerprint density at radius 1 is 1.07 bits per heavy atom. The van der Waals surface area contributed by atoms with Crippen LogP contribution < -0.4 is 19.5 Å². The van der Waals surface area contributed by atoms with Crippen LogP contribution in [0.3, 0.4) is 0 Å². The number of benzene rings is 2. The third kappa shape index (κ3) is 4.50. The predicted molar refractivity (Wildman–Crippen MR) is 109 cm³/mol. The van der Waals surface area contributed by atoms with Crippen LogP contribution >= 0.6 is 0 Å². The van der Waals surface area contributed by atoms with Gasteiger partial charge in [-0.3, -0.25) is 4.79 Å². The van der Waals surface area contributed by atoms with Gasteiger partial charge in [0, 0.05) is 0 Å². The van der Waals surface area contributed by atoms with Gasteiger partial charge in [0.15, 0.2) is 18.1 Å². The predicted octanol–water partition coefficient (Wildman–Crippen LogP) is 3.03. The van der Waals surface area contributed by atoms with Gasteiger partial charge >= 0.3 is 5.97 Å². The second-order valence-electron chi connectivity index (χ2n) is 7.57. The van der Waals surface area contributed by atoms with Crippen LogP contribution in [0.4, 0.5) is 0 Å². The van der Waals surface area contributed by atoms with Crippen LogP contribution in [0, 0.1) is 5.92 Å². The molecule has 7 heteroatoms. The molecular weight excluding hydrogens is 386 g/mol. The molecule has 2 aliphatic rings. The minimum atomic E-state index is -0.923. The van der Waals surface area contributed by atoms with E-state index < -0.39 is 18.2 Å². The lowest BCUT2D eigenvalue weighted by atomic mass is 10.0. The Bertz CT molecular complexity index is 908. The van der Waals surface area contributed by atoms with E-state index in [2.05, 4.69) is 5.32 Å². The zero-order valence-corrected chi connectivity index (χ0v) is 17.0. The maximum absolute atomic E-state index is 12.5. The van der Waals surface area contributed by atoms with Crippen LogP contribution in [0.15, 0.2) is 48.5 Å². The molecule has 0 spiro atoms. The molecular formula is C23H25NO6. The standard InChI is InChI=1S/C23H25NO6/c1-14-22(30-19-6-4-3-5-18(19)29-14)23(26)28-13-20(25)24-21(15-7-8-15)16-9-11-17(27-2)12-10-16/h3-6,9-12,14-15,21-22H,7-8,13H2,1-2H3,(H,24,25). The van der Waals surface area contributed by atoms with E-state index in [0.717, 1.165) is 24.2 Å². The second kappa shape index (κ2) is 8.65. The number of carbonyl (C=O) groups is 2. The van der Waals surface area contributed by atoms with Crippen molar-refractivity contribution >= 4 is 11.9 Å². The third-order valence-corrected chi connectivity index (χ3v) is 5.30. The van der Waals surface area contributed by atoms with Gasteiger partial charge in [0.05, 0.1) is 13.2 Å². The number of para-hydroxylation sites is 2. The molecule has 3 atom stereocenters. The number of hydrogen-bond acceptors (Lipinski definition) is 6. The fourth-order valence-electron chi connectivity index (χ4n) is 3.53. The number of nitrogens with one attached hydrogen (secondary N) is 1. The lowest BCUT2D eigenvalue weighted by Crippen LogP contribution is -2.45. The number of esters is 1. The number of ether oxygens (including phenoxy) is 4. The number of fused-ring (bicyclic) bond motifs is 1. The Morgan fingerprint density at radius 3 is 2.37 bits per heavy atom. The van der Waals surface area contributed by atoms with Crippen LogP contribution in [-0.2, 0) is 14.3 Å². The molecule has 1 amide bonds. The summed E-state index contributed by atoms with van der Waals surface area (Å²) in [6.45, 7) is 1.36. The molecule has 0 bridgehead atoms. The van der Waals surface area contributed by atoms with E-state index in [1.165, 1.54) is 0 Å². The van der Waals surface area contributed by atoms with Gasteiger partial charge in [-0.1, -0.05) is 24.3 Å². The maximum Gasteiger partial charge on any atom is 0.351 e. The summed E-state index contributed by atoms with van der Waals surface area (Å²) in [5.74, 6) is 1.25. The second-order valence-corrected chi connectivity index (χ2v) is 7.57. The summed E-state index contributed by atoms with van der Waals surface area (Å²) in [6.07, 6.45) is 0.671. The molecule has 0 aromatic heterocycles. The van der Waals surface area contributed by atoms with Crippen molar-refractivity contribution in [1.82, 2.24) is 5.32 Å². The number of carbonyl (C=O) groups excluding carboxylic acids is 2. The zero-order valence-electron chi connectivity index (χ0n) is 17.0.